The van der Waals surface area contributed by atoms with Crippen molar-refractivity contribution in [2.75, 3.05) is 11.9 Å². The van der Waals surface area contributed by atoms with Gasteiger partial charge in [0, 0.05) is 17.8 Å². The highest BCUT2D eigenvalue weighted by Gasteiger charge is 2.35. The van der Waals surface area contributed by atoms with Crippen molar-refractivity contribution in [2.45, 2.75) is 13.5 Å². The molecule has 10 nitrogen and oxygen atoms in total. The van der Waals surface area contributed by atoms with E-state index in [0.717, 1.165) is 10.5 Å². The molecule has 1 aliphatic rings. The minimum absolute atomic E-state index is 0.0161. The second kappa shape index (κ2) is 11.6. The van der Waals surface area contributed by atoms with Crippen LogP contribution in [0.4, 0.5) is 16.2 Å². The monoisotopic (exact) mass is 642 g/mol. The van der Waals surface area contributed by atoms with Crippen LogP contribution in [0.1, 0.15) is 16.7 Å². The lowest BCUT2D eigenvalue weighted by atomic mass is 10.1. The van der Waals surface area contributed by atoms with Gasteiger partial charge in [0.2, 0.25) is 5.91 Å². The number of anilines is 1. The van der Waals surface area contributed by atoms with E-state index < -0.39 is 29.3 Å². The fourth-order valence-corrected chi connectivity index (χ4v) is 5.12. The molecule has 194 valence electrons. The van der Waals surface area contributed by atoms with Crippen LogP contribution in [-0.4, -0.2) is 34.2 Å². The first kappa shape index (κ1) is 27.0. The van der Waals surface area contributed by atoms with Crippen molar-refractivity contribution in [3.63, 3.8) is 0 Å². The second-order valence-electron chi connectivity index (χ2n) is 8.33. The van der Waals surface area contributed by atoms with Crippen molar-refractivity contribution < 1.29 is 24.0 Å². The number of urea groups is 1. The van der Waals surface area contributed by atoms with Gasteiger partial charge in [0.1, 0.15) is 24.6 Å². The van der Waals surface area contributed by atoms with Crippen LogP contribution in [0.15, 0.2) is 75.3 Å². The summed E-state index contributed by atoms with van der Waals surface area (Å²) in [5, 5.41) is 16.2. The summed E-state index contributed by atoms with van der Waals surface area (Å²) in [6, 6.07) is 16.0. The minimum Gasteiger partial charge on any atom is -0.487 e. The highest BCUT2D eigenvalue weighted by Crippen LogP contribution is 2.36. The topological polar surface area (TPSA) is 131 Å². The fourth-order valence-electron chi connectivity index (χ4n) is 3.66. The van der Waals surface area contributed by atoms with Crippen molar-refractivity contribution in [1.82, 2.24) is 10.2 Å². The fraction of sp³-hybridized carbons (Fsp3) is 0.115. The molecule has 0 saturated carbocycles. The van der Waals surface area contributed by atoms with Gasteiger partial charge in [-0.2, -0.15) is 0 Å². The zero-order chi connectivity index (χ0) is 27.4. The Hall–Kier alpha value is -4.03. The van der Waals surface area contributed by atoms with Crippen LogP contribution >= 0.6 is 31.9 Å². The number of imide groups is 1. The summed E-state index contributed by atoms with van der Waals surface area (Å²) in [5.74, 6) is -0.682. The standard InChI is InChI=1S/C26H20Br2N4O6/c1-15-4-2-6-18(8-15)29-23(33)13-31-25(34)22(30-26(31)35)12-17-10-20(27)24(21(28)11-17)38-14-16-5-3-7-19(9-16)32(36)37/h2-12H,13-14H2,1H3,(H,29,33)(H,30,35)/b22-12+. The quantitative estimate of drug-likeness (QED) is 0.143. The number of nitro benzene ring substituents is 1. The lowest BCUT2D eigenvalue weighted by Crippen LogP contribution is -2.38. The Morgan fingerprint density at radius 1 is 1.11 bits per heavy atom. The van der Waals surface area contributed by atoms with E-state index in [1.165, 1.54) is 18.2 Å². The summed E-state index contributed by atoms with van der Waals surface area (Å²) in [6.07, 6.45) is 1.48. The van der Waals surface area contributed by atoms with E-state index in [4.69, 9.17) is 4.74 Å². The average Bonchev–Trinajstić information content (AvgIpc) is 3.11. The Kier molecular flexibility index (Phi) is 8.23. The molecular weight excluding hydrogens is 624 g/mol. The van der Waals surface area contributed by atoms with E-state index >= 15 is 0 Å². The van der Waals surface area contributed by atoms with Crippen molar-refractivity contribution >= 4 is 67.2 Å². The van der Waals surface area contributed by atoms with E-state index in [0.29, 0.717) is 31.5 Å². The number of rotatable bonds is 8. The number of nitrogens with zero attached hydrogens (tertiary/aromatic N) is 2. The number of aryl methyl sites for hydroxylation is 1. The van der Waals surface area contributed by atoms with Gasteiger partial charge in [-0.1, -0.05) is 24.3 Å². The van der Waals surface area contributed by atoms with Crippen molar-refractivity contribution in [3.8, 4) is 5.75 Å². The number of nitrogens with one attached hydrogen (secondary N) is 2. The maximum absolute atomic E-state index is 12.8. The van der Waals surface area contributed by atoms with E-state index in [-0.39, 0.29) is 18.0 Å². The Morgan fingerprint density at radius 3 is 2.50 bits per heavy atom. The number of hydrogen-bond acceptors (Lipinski definition) is 6. The summed E-state index contributed by atoms with van der Waals surface area (Å²) in [4.78, 5) is 49.0. The van der Waals surface area contributed by atoms with Crippen molar-refractivity contribution in [3.05, 3.63) is 102 Å². The lowest BCUT2D eigenvalue weighted by Gasteiger charge is -2.12. The van der Waals surface area contributed by atoms with Crippen LogP contribution in [0.5, 0.6) is 5.75 Å². The SMILES string of the molecule is Cc1cccc(NC(=O)CN2C(=O)N/C(=C/c3cc(Br)c(OCc4cccc([N+](=O)[O-])c4)c(Br)c3)C2=O)c1. The normalized spacial score (nSPS) is 14.0. The van der Waals surface area contributed by atoms with Crippen LogP contribution in [0.3, 0.4) is 0 Å². The summed E-state index contributed by atoms with van der Waals surface area (Å²) >= 11 is 6.88. The molecule has 0 radical (unpaired) electrons. The van der Waals surface area contributed by atoms with Gasteiger partial charge in [0.05, 0.1) is 13.9 Å². The van der Waals surface area contributed by atoms with Gasteiger partial charge in [-0.05, 0) is 85.8 Å². The molecule has 3 aromatic rings. The third-order valence-corrected chi connectivity index (χ3v) is 6.58. The van der Waals surface area contributed by atoms with Gasteiger partial charge in [0.25, 0.3) is 11.6 Å². The predicted molar refractivity (Wildman–Crippen MR) is 147 cm³/mol. The highest BCUT2D eigenvalue weighted by atomic mass is 79.9. The number of carbonyl (C=O) groups excluding carboxylic acids is 3. The smallest absolute Gasteiger partial charge is 0.329 e. The first-order valence-corrected chi connectivity index (χ1v) is 12.8. The molecular formula is C26H20Br2N4O6. The molecule has 3 aromatic carbocycles. The molecule has 1 fully saturated rings. The largest absolute Gasteiger partial charge is 0.487 e. The predicted octanol–water partition coefficient (Wildman–Crippen LogP) is 5.54. The molecule has 0 aliphatic carbocycles. The summed E-state index contributed by atoms with van der Waals surface area (Å²) in [6.45, 7) is 1.54. The number of nitro groups is 1. The van der Waals surface area contributed by atoms with Gasteiger partial charge in [-0.25, -0.2) is 9.69 Å². The summed E-state index contributed by atoms with van der Waals surface area (Å²) in [7, 11) is 0. The third-order valence-electron chi connectivity index (χ3n) is 5.40. The van der Waals surface area contributed by atoms with Crippen molar-refractivity contribution in [1.29, 1.82) is 0 Å². The number of benzene rings is 3. The van der Waals surface area contributed by atoms with Gasteiger partial charge in [0.15, 0.2) is 0 Å². The molecule has 1 saturated heterocycles. The Bertz CT molecular complexity index is 1470. The first-order chi connectivity index (χ1) is 18.1. The number of halogens is 2. The van der Waals surface area contributed by atoms with Gasteiger partial charge >= 0.3 is 6.03 Å². The number of ether oxygens (including phenoxy) is 1. The van der Waals surface area contributed by atoms with Gasteiger partial charge in [-0.3, -0.25) is 19.7 Å². The van der Waals surface area contributed by atoms with Crippen LogP contribution in [0, 0.1) is 17.0 Å². The average molecular weight is 644 g/mol. The Labute approximate surface area is 234 Å². The number of carbonyl (C=O) groups is 3. The first-order valence-electron chi connectivity index (χ1n) is 11.2. The Morgan fingerprint density at radius 2 is 1.82 bits per heavy atom. The molecule has 4 amide bonds. The molecule has 38 heavy (non-hydrogen) atoms. The van der Waals surface area contributed by atoms with E-state index in [1.807, 2.05) is 13.0 Å². The number of amides is 4. The lowest BCUT2D eigenvalue weighted by molar-refractivity contribution is -0.384. The van der Waals surface area contributed by atoms with Gasteiger partial charge in [-0.15, -0.1) is 0 Å². The molecule has 0 spiro atoms. The summed E-state index contributed by atoms with van der Waals surface area (Å²) in [5.41, 5.74) is 2.70. The maximum Gasteiger partial charge on any atom is 0.329 e. The minimum atomic E-state index is -0.698. The molecule has 0 atom stereocenters. The van der Waals surface area contributed by atoms with Crippen LogP contribution < -0.4 is 15.4 Å². The molecule has 12 heteroatoms. The molecule has 0 aromatic heterocycles. The molecule has 2 N–H and O–H groups in total. The highest BCUT2D eigenvalue weighted by molar-refractivity contribution is 9.11. The van der Waals surface area contributed by atoms with Crippen molar-refractivity contribution in [2.24, 2.45) is 0 Å². The Balaban J connectivity index is 1.44. The van der Waals surface area contributed by atoms with Crippen LogP contribution in [0.25, 0.3) is 6.08 Å². The molecule has 0 bridgehead atoms. The van der Waals surface area contributed by atoms with Gasteiger partial charge < -0.3 is 15.4 Å². The van der Waals surface area contributed by atoms with E-state index in [1.54, 1.807) is 42.5 Å². The second-order valence-corrected chi connectivity index (χ2v) is 10.0. The van der Waals surface area contributed by atoms with E-state index in [2.05, 4.69) is 42.5 Å². The molecule has 1 aliphatic heterocycles. The third kappa shape index (κ3) is 6.45. The number of non-ortho nitro benzene ring substituents is 1. The zero-order valence-corrected chi connectivity index (χ0v) is 23.0. The van der Waals surface area contributed by atoms with E-state index in [9.17, 15) is 24.5 Å². The zero-order valence-electron chi connectivity index (χ0n) is 19.9. The number of hydrogen-bond donors (Lipinski definition) is 2. The van der Waals surface area contributed by atoms with Crippen LogP contribution in [-0.2, 0) is 16.2 Å². The maximum atomic E-state index is 12.8. The summed E-state index contributed by atoms with van der Waals surface area (Å²) < 4.78 is 6.94. The molecule has 4 rings (SSSR count). The molecule has 0 unspecified atom stereocenters. The van der Waals surface area contributed by atoms with Crippen LogP contribution in [0.2, 0.25) is 0 Å². The molecule has 1 heterocycles.